The van der Waals surface area contributed by atoms with Crippen LogP contribution in [-0.4, -0.2) is 118 Å². The first-order chi connectivity index (χ1) is 23.3. The van der Waals surface area contributed by atoms with Crippen molar-refractivity contribution in [2.45, 2.75) is 31.8 Å². The van der Waals surface area contributed by atoms with Crippen LogP contribution in [0.15, 0.2) is 72.8 Å². The van der Waals surface area contributed by atoms with Gasteiger partial charge in [-0.25, -0.2) is 19.2 Å². The number of carboxylic acid groups (broad SMARTS) is 4. The molecule has 2 aromatic carbocycles. The lowest BCUT2D eigenvalue weighted by Gasteiger charge is -2.36. The number of nitrogens with zero attached hydrogens (tertiary/aromatic N) is 2. The lowest BCUT2D eigenvalue weighted by atomic mass is 9.93. The molecular formula is C35H41N3O11. The second-order valence-electron chi connectivity index (χ2n) is 11.5. The molecule has 0 aromatic heterocycles. The number of ether oxygens (including phenoxy) is 2. The lowest BCUT2D eigenvalue weighted by Crippen LogP contribution is -2.51. The number of carboxylic acids is 4. The largest absolute Gasteiger partial charge is 0.478 e. The summed E-state index contributed by atoms with van der Waals surface area (Å²) in [6.45, 7) is 9.47. The maximum Gasteiger partial charge on any atom is 0.328 e. The van der Waals surface area contributed by atoms with Crippen molar-refractivity contribution in [2.75, 3.05) is 45.9 Å². The van der Waals surface area contributed by atoms with E-state index in [0.29, 0.717) is 37.5 Å². The molecule has 2 saturated heterocycles. The number of aliphatic carboxylic acids is 4. The minimum atomic E-state index is -1.26. The molecule has 1 atom stereocenters. The van der Waals surface area contributed by atoms with Crippen molar-refractivity contribution in [1.82, 2.24) is 15.1 Å². The minimum absolute atomic E-state index is 0.0139. The molecule has 2 aliphatic heterocycles. The molecule has 1 spiro atoms. The monoisotopic (exact) mass is 679 g/mol. The third-order valence-electron chi connectivity index (χ3n) is 7.36. The van der Waals surface area contributed by atoms with E-state index >= 15 is 0 Å². The fraction of sp³-hybridized carbons (Fsp3) is 0.343. The highest BCUT2D eigenvalue weighted by Gasteiger charge is 2.47. The molecule has 0 radical (unpaired) electrons. The van der Waals surface area contributed by atoms with Crippen molar-refractivity contribution in [3.8, 4) is 0 Å². The Bertz CT molecular complexity index is 1460. The molecule has 0 bridgehead atoms. The van der Waals surface area contributed by atoms with Gasteiger partial charge in [0.1, 0.15) is 0 Å². The lowest BCUT2D eigenvalue weighted by molar-refractivity contribution is -0.145. The molecule has 2 heterocycles. The Morgan fingerprint density at radius 2 is 1.18 bits per heavy atom. The second kappa shape index (κ2) is 18.4. The van der Waals surface area contributed by atoms with Crippen molar-refractivity contribution >= 4 is 41.9 Å². The maximum atomic E-state index is 12.1. The Balaban J connectivity index is 0.000000338. The van der Waals surface area contributed by atoms with Crippen LogP contribution in [0.4, 0.5) is 0 Å². The van der Waals surface area contributed by atoms with E-state index < -0.39 is 29.7 Å². The number of rotatable bonds is 9. The van der Waals surface area contributed by atoms with Crippen LogP contribution in [0, 0.1) is 0 Å². The topological polar surface area (TPSA) is 203 Å². The maximum absolute atomic E-state index is 12.1. The van der Waals surface area contributed by atoms with Crippen molar-refractivity contribution in [3.05, 3.63) is 95.1 Å². The predicted octanol–water partition coefficient (Wildman–Crippen LogP) is 2.35. The summed E-state index contributed by atoms with van der Waals surface area (Å²) in [5, 5.41) is 34.2. The number of benzene rings is 2. The van der Waals surface area contributed by atoms with Gasteiger partial charge < -0.3 is 35.2 Å². The van der Waals surface area contributed by atoms with Gasteiger partial charge in [0, 0.05) is 74.2 Å². The van der Waals surface area contributed by atoms with Crippen LogP contribution in [0.3, 0.4) is 0 Å². The van der Waals surface area contributed by atoms with Gasteiger partial charge in [0.2, 0.25) is 11.7 Å². The molecule has 5 rings (SSSR count). The number of carbonyl (C=O) groups excluding carboxylic acids is 1. The molecule has 3 aliphatic rings. The third kappa shape index (κ3) is 12.1. The third-order valence-corrected chi connectivity index (χ3v) is 7.36. The fourth-order valence-corrected chi connectivity index (χ4v) is 5.37. The summed E-state index contributed by atoms with van der Waals surface area (Å²) in [7, 11) is 0. The Hall–Kier alpha value is -5.15. The van der Waals surface area contributed by atoms with Gasteiger partial charge >= 0.3 is 23.9 Å². The molecule has 2 fully saturated rings. The van der Waals surface area contributed by atoms with Gasteiger partial charge in [-0.1, -0.05) is 60.7 Å². The van der Waals surface area contributed by atoms with Gasteiger partial charge in [-0.2, -0.15) is 0 Å². The summed E-state index contributed by atoms with van der Waals surface area (Å²) in [5.41, 5.74) is 4.38. The van der Waals surface area contributed by atoms with Crippen LogP contribution >= 0.6 is 0 Å². The van der Waals surface area contributed by atoms with Gasteiger partial charge in [-0.3, -0.25) is 14.6 Å². The molecule has 0 saturated carbocycles. The zero-order chi connectivity index (χ0) is 36.0. The number of fused-ring (bicyclic) bond motifs is 4. The number of hydrogen-bond donors (Lipinski definition) is 5. The number of nitrogens with one attached hydrogen (secondary N) is 1. The van der Waals surface area contributed by atoms with Crippen molar-refractivity contribution in [2.24, 2.45) is 0 Å². The molecule has 5 N–H and O–H groups in total. The standard InChI is InChI=1S/C27H33N3O3.2C4H4O4/c1-20(2)28-26(31)18-30-15-13-29(14-16-30)17-23-19-32-27(33-23)24-9-5-3-7-21(24)11-12-22-8-4-6-10-25(22)27;2*5-3(6)1-2-4(7)8/h3-12,20,23H,13-19H2,1-2H3,(H,28,31);2*1-2H,(H,5,6)(H,7,8)/b;2*2-1+. The second-order valence-corrected chi connectivity index (χ2v) is 11.5. The van der Waals surface area contributed by atoms with Crippen LogP contribution in [0.2, 0.25) is 0 Å². The van der Waals surface area contributed by atoms with Gasteiger partial charge in [0.25, 0.3) is 0 Å². The summed E-state index contributed by atoms with van der Waals surface area (Å²) in [4.78, 5) is 54.9. The van der Waals surface area contributed by atoms with Gasteiger partial charge in [-0.15, -0.1) is 0 Å². The van der Waals surface area contributed by atoms with Crippen LogP contribution in [-0.2, 0) is 39.2 Å². The fourth-order valence-electron chi connectivity index (χ4n) is 5.37. The van der Waals surface area contributed by atoms with E-state index in [1.54, 1.807) is 0 Å². The van der Waals surface area contributed by atoms with E-state index in [1.807, 2.05) is 13.8 Å². The number of amides is 1. The molecular weight excluding hydrogens is 638 g/mol. The van der Waals surface area contributed by atoms with E-state index in [0.717, 1.165) is 55.0 Å². The number of hydrogen-bond acceptors (Lipinski definition) is 9. The van der Waals surface area contributed by atoms with E-state index in [1.165, 1.54) is 0 Å². The highest BCUT2D eigenvalue weighted by Crippen LogP contribution is 2.45. The molecule has 1 amide bonds. The van der Waals surface area contributed by atoms with Gasteiger partial charge in [0.15, 0.2) is 0 Å². The van der Waals surface area contributed by atoms with Crippen LogP contribution in [0.5, 0.6) is 0 Å². The van der Waals surface area contributed by atoms with Crippen molar-refractivity contribution < 1.29 is 53.9 Å². The van der Waals surface area contributed by atoms with Crippen LogP contribution in [0.25, 0.3) is 12.2 Å². The highest BCUT2D eigenvalue weighted by atomic mass is 16.7. The van der Waals surface area contributed by atoms with Crippen LogP contribution < -0.4 is 5.32 Å². The van der Waals surface area contributed by atoms with E-state index in [4.69, 9.17) is 29.9 Å². The Labute approximate surface area is 283 Å². The quantitative estimate of drug-likeness (QED) is 0.242. The smallest absolute Gasteiger partial charge is 0.328 e. The van der Waals surface area contributed by atoms with E-state index in [-0.39, 0.29) is 18.1 Å². The van der Waals surface area contributed by atoms with Gasteiger partial charge in [-0.05, 0) is 25.0 Å². The molecule has 14 nitrogen and oxygen atoms in total. The summed E-state index contributed by atoms with van der Waals surface area (Å²) in [6.07, 6.45) is 6.52. The summed E-state index contributed by atoms with van der Waals surface area (Å²) < 4.78 is 13.3. The Morgan fingerprint density at radius 3 is 1.61 bits per heavy atom. The summed E-state index contributed by atoms with van der Waals surface area (Å²) >= 11 is 0. The highest BCUT2D eigenvalue weighted by molar-refractivity contribution is 5.90. The summed E-state index contributed by atoms with van der Waals surface area (Å²) in [6, 6.07) is 16.9. The minimum Gasteiger partial charge on any atom is -0.478 e. The number of piperazine rings is 1. The van der Waals surface area contributed by atoms with Crippen LogP contribution in [0.1, 0.15) is 36.1 Å². The average Bonchev–Trinajstić information content (AvgIpc) is 3.41. The first-order valence-electron chi connectivity index (χ1n) is 15.5. The van der Waals surface area contributed by atoms with Gasteiger partial charge in [0.05, 0.1) is 19.3 Å². The molecule has 1 aliphatic carbocycles. The predicted molar refractivity (Wildman–Crippen MR) is 178 cm³/mol. The first-order valence-corrected chi connectivity index (χ1v) is 15.5. The molecule has 262 valence electrons. The number of carbonyl (C=O) groups is 5. The van der Waals surface area contributed by atoms with Crippen molar-refractivity contribution in [3.63, 3.8) is 0 Å². The Kier molecular flexibility index (Phi) is 14.4. The van der Waals surface area contributed by atoms with E-state index in [2.05, 4.69) is 75.8 Å². The zero-order valence-corrected chi connectivity index (χ0v) is 27.2. The first kappa shape index (κ1) is 38.3. The molecule has 14 heteroatoms. The molecule has 2 aromatic rings. The molecule has 49 heavy (non-hydrogen) atoms. The summed E-state index contributed by atoms with van der Waals surface area (Å²) in [5.74, 6) is -5.80. The average molecular weight is 680 g/mol. The van der Waals surface area contributed by atoms with Crippen molar-refractivity contribution in [1.29, 1.82) is 0 Å². The Morgan fingerprint density at radius 1 is 0.755 bits per heavy atom. The normalized spacial score (nSPS) is 18.1. The molecule has 1 unspecified atom stereocenters. The van der Waals surface area contributed by atoms with E-state index in [9.17, 15) is 24.0 Å². The SMILES string of the molecule is CC(C)NC(=O)CN1CCN(CC2COC3(O2)c2ccccc2C=Cc2ccccc23)CC1.O=C(O)/C=C/C(=O)O.O=C(O)/C=C/C(=O)O. The zero-order valence-electron chi connectivity index (χ0n) is 27.2.